The molecule has 1 amide bonds. The van der Waals surface area contributed by atoms with E-state index in [9.17, 15) is 9.59 Å². The molecular weight excluding hydrogens is 356 g/mol. The number of hydrogen-bond acceptors (Lipinski definition) is 5. The maximum Gasteiger partial charge on any atom is 0.310 e. The number of aromatic nitrogens is 1. The van der Waals surface area contributed by atoms with Crippen LogP contribution in [0.15, 0.2) is 41.1 Å². The highest BCUT2D eigenvalue weighted by Gasteiger charge is 2.15. The van der Waals surface area contributed by atoms with Crippen molar-refractivity contribution in [1.29, 1.82) is 0 Å². The maximum absolute atomic E-state index is 12.0. The third-order valence-electron chi connectivity index (χ3n) is 4.07. The Balaban J connectivity index is 1.59. The van der Waals surface area contributed by atoms with Crippen molar-refractivity contribution in [2.75, 3.05) is 11.9 Å². The largest absolute Gasteiger partial charge is 0.464 e. The first-order chi connectivity index (χ1) is 12.5. The number of aryl methyl sites for hydroxylation is 2. The Kier molecular flexibility index (Phi) is 5.23. The van der Waals surface area contributed by atoms with Crippen molar-refractivity contribution in [3.8, 4) is 0 Å². The minimum Gasteiger partial charge on any atom is -0.464 e. The summed E-state index contributed by atoms with van der Waals surface area (Å²) >= 11 is 5.86. The van der Waals surface area contributed by atoms with Crippen molar-refractivity contribution >= 4 is 40.1 Å². The Morgan fingerprint density at radius 2 is 2.08 bits per heavy atom. The second-order valence-electron chi connectivity index (χ2n) is 5.87. The van der Waals surface area contributed by atoms with E-state index < -0.39 is 18.5 Å². The van der Waals surface area contributed by atoms with Crippen molar-refractivity contribution < 1.29 is 18.7 Å². The van der Waals surface area contributed by atoms with Crippen molar-refractivity contribution in [2.24, 2.45) is 0 Å². The summed E-state index contributed by atoms with van der Waals surface area (Å²) in [5.74, 6) is -1.00. The molecule has 2 aromatic heterocycles. The number of nitrogens with one attached hydrogen (secondary N) is 1. The molecule has 0 saturated carbocycles. The number of carbonyl (C=O) groups excluding carboxylic acids is 2. The van der Waals surface area contributed by atoms with Crippen LogP contribution >= 0.6 is 11.6 Å². The molecule has 134 valence electrons. The summed E-state index contributed by atoms with van der Waals surface area (Å²) < 4.78 is 10.6. The van der Waals surface area contributed by atoms with E-state index in [1.807, 2.05) is 26.0 Å². The van der Waals surface area contributed by atoms with Gasteiger partial charge in [0.05, 0.1) is 18.4 Å². The Hall–Kier alpha value is -2.86. The lowest BCUT2D eigenvalue weighted by Crippen LogP contribution is -2.21. The van der Waals surface area contributed by atoms with E-state index in [2.05, 4.69) is 10.3 Å². The second-order valence-corrected chi connectivity index (χ2v) is 6.23. The molecule has 0 spiro atoms. The van der Waals surface area contributed by atoms with Gasteiger partial charge in [0.2, 0.25) is 0 Å². The first kappa shape index (κ1) is 17.9. The lowest BCUT2D eigenvalue weighted by Gasteiger charge is -2.07. The fourth-order valence-electron chi connectivity index (χ4n) is 2.54. The van der Waals surface area contributed by atoms with Gasteiger partial charge in [-0.1, -0.05) is 23.7 Å². The fraction of sp³-hybridized carbons (Fsp3) is 0.211. The molecule has 1 N–H and O–H groups in total. The highest BCUT2D eigenvalue weighted by atomic mass is 35.5. The number of hydrogen-bond donors (Lipinski definition) is 1. The third-order valence-corrected chi connectivity index (χ3v) is 4.38. The second kappa shape index (κ2) is 7.58. The van der Waals surface area contributed by atoms with Gasteiger partial charge < -0.3 is 14.5 Å². The van der Waals surface area contributed by atoms with Gasteiger partial charge in [0.1, 0.15) is 5.58 Å². The summed E-state index contributed by atoms with van der Waals surface area (Å²) in [7, 11) is 0. The summed E-state index contributed by atoms with van der Waals surface area (Å²) in [4.78, 5) is 27.8. The predicted molar refractivity (Wildman–Crippen MR) is 98.2 cm³/mol. The average Bonchev–Trinajstić information content (AvgIpc) is 3.02. The number of nitrogens with zero attached hydrogens (tertiary/aromatic N) is 1. The minimum atomic E-state index is -0.515. The summed E-state index contributed by atoms with van der Waals surface area (Å²) in [5.41, 5.74) is 4.00. The van der Waals surface area contributed by atoms with E-state index in [1.54, 1.807) is 18.4 Å². The number of ether oxygens (including phenoxy) is 1. The van der Waals surface area contributed by atoms with Gasteiger partial charge in [-0.05, 0) is 37.1 Å². The van der Waals surface area contributed by atoms with Gasteiger partial charge in [-0.25, -0.2) is 4.98 Å². The van der Waals surface area contributed by atoms with Crippen LogP contribution in [-0.2, 0) is 20.7 Å². The zero-order valence-electron chi connectivity index (χ0n) is 14.3. The summed E-state index contributed by atoms with van der Waals surface area (Å²) in [6, 6.07) is 7.15. The van der Waals surface area contributed by atoms with E-state index in [4.69, 9.17) is 20.8 Å². The number of carbonyl (C=O) groups is 2. The van der Waals surface area contributed by atoms with E-state index in [1.165, 1.54) is 6.20 Å². The standard InChI is InChI=1S/C19H17ClN2O4/c1-11-5-6-14-13(9-26-18(14)12(11)2)8-17(24)25-10-16(23)22-15-4-3-7-21-19(15)20/h3-7,9H,8,10H2,1-2H3,(H,22,23). The molecule has 0 bridgehead atoms. The number of anilines is 1. The molecule has 0 unspecified atom stereocenters. The number of pyridine rings is 1. The molecule has 0 aliphatic heterocycles. The normalized spacial score (nSPS) is 10.7. The summed E-state index contributed by atoms with van der Waals surface area (Å²) in [6.45, 7) is 3.56. The number of fused-ring (bicyclic) bond motifs is 1. The lowest BCUT2D eigenvalue weighted by molar-refractivity contribution is -0.146. The molecular formula is C19H17ClN2O4. The molecule has 0 saturated heterocycles. The van der Waals surface area contributed by atoms with Gasteiger partial charge in [-0.15, -0.1) is 0 Å². The Morgan fingerprint density at radius 1 is 1.27 bits per heavy atom. The number of rotatable bonds is 5. The van der Waals surface area contributed by atoms with Crippen LogP contribution < -0.4 is 5.32 Å². The quantitative estimate of drug-likeness (QED) is 0.544. The van der Waals surface area contributed by atoms with Crippen molar-refractivity contribution in [1.82, 2.24) is 4.98 Å². The average molecular weight is 373 g/mol. The fourth-order valence-corrected chi connectivity index (χ4v) is 2.71. The first-order valence-electron chi connectivity index (χ1n) is 7.98. The molecule has 0 atom stereocenters. The molecule has 0 fully saturated rings. The predicted octanol–water partition coefficient (Wildman–Crippen LogP) is 3.82. The van der Waals surface area contributed by atoms with Crippen LogP contribution in [0.5, 0.6) is 0 Å². The molecule has 1 aromatic carbocycles. The number of furan rings is 1. The van der Waals surface area contributed by atoms with Gasteiger partial charge in [-0.3, -0.25) is 9.59 Å². The topological polar surface area (TPSA) is 81.4 Å². The zero-order chi connectivity index (χ0) is 18.7. The van der Waals surface area contributed by atoms with Gasteiger partial charge >= 0.3 is 5.97 Å². The van der Waals surface area contributed by atoms with Crippen molar-refractivity contribution in [2.45, 2.75) is 20.3 Å². The highest BCUT2D eigenvalue weighted by molar-refractivity contribution is 6.32. The summed E-state index contributed by atoms with van der Waals surface area (Å²) in [5, 5.41) is 3.58. The van der Waals surface area contributed by atoms with Crippen LogP contribution in [0.3, 0.4) is 0 Å². The Morgan fingerprint density at radius 3 is 2.85 bits per heavy atom. The van der Waals surface area contributed by atoms with Gasteiger partial charge in [0.25, 0.3) is 5.91 Å². The van der Waals surface area contributed by atoms with E-state index in [-0.39, 0.29) is 11.6 Å². The molecule has 0 aliphatic rings. The Labute approximate surface area is 155 Å². The van der Waals surface area contributed by atoms with Crippen LogP contribution in [0.25, 0.3) is 11.0 Å². The molecule has 6 nitrogen and oxygen atoms in total. The highest BCUT2D eigenvalue weighted by Crippen LogP contribution is 2.27. The van der Waals surface area contributed by atoms with Crippen LogP contribution in [0.1, 0.15) is 16.7 Å². The third kappa shape index (κ3) is 3.86. The van der Waals surface area contributed by atoms with Gasteiger partial charge in [0, 0.05) is 17.1 Å². The van der Waals surface area contributed by atoms with Crippen LogP contribution in [0, 0.1) is 13.8 Å². The molecule has 7 heteroatoms. The van der Waals surface area contributed by atoms with Crippen molar-refractivity contribution in [3.05, 3.63) is 58.6 Å². The van der Waals surface area contributed by atoms with E-state index in [0.29, 0.717) is 5.69 Å². The molecule has 0 radical (unpaired) electrons. The van der Waals surface area contributed by atoms with E-state index >= 15 is 0 Å². The Bertz CT molecular complexity index is 981. The summed E-state index contributed by atoms with van der Waals surface area (Å²) in [6.07, 6.45) is 3.08. The van der Waals surface area contributed by atoms with Crippen LogP contribution in [0.4, 0.5) is 5.69 Å². The zero-order valence-corrected chi connectivity index (χ0v) is 15.1. The monoisotopic (exact) mass is 372 g/mol. The van der Waals surface area contributed by atoms with E-state index in [0.717, 1.165) is 27.7 Å². The van der Waals surface area contributed by atoms with Gasteiger partial charge in [-0.2, -0.15) is 0 Å². The van der Waals surface area contributed by atoms with Gasteiger partial charge in [0.15, 0.2) is 11.8 Å². The van der Waals surface area contributed by atoms with Crippen LogP contribution in [-0.4, -0.2) is 23.5 Å². The molecule has 0 aliphatic carbocycles. The molecule has 3 aromatic rings. The maximum atomic E-state index is 12.0. The number of amides is 1. The molecule has 26 heavy (non-hydrogen) atoms. The number of benzene rings is 1. The first-order valence-corrected chi connectivity index (χ1v) is 8.35. The molecule has 3 rings (SSSR count). The SMILES string of the molecule is Cc1ccc2c(CC(=O)OCC(=O)Nc3cccnc3Cl)coc2c1C. The lowest BCUT2D eigenvalue weighted by atomic mass is 10.0. The molecule has 2 heterocycles. The smallest absolute Gasteiger partial charge is 0.310 e. The minimum absolute atomic E-state index is 0.0242. The van der Waals surface area contributed by atoms with Crippen LogP contribution in [0.2, 0.25) is 5.15 Å². The number of halogens is 1. The number of esters is 1. The van der Waals surface area contributed by atoms with Crippen molar-refractivity contribution in [3.63, 3.8) is 0 Å².